The van der Waals surface area contributed by atoms with Gasteiger partial charge in [0.25, 0.3) is 0 Å². The van der Waals surface area contributed by atoms with Gasteiger partial charge in [0.15, 0.2) is 5.69 Å². The maximum atomic E-state index is 11.7. The van der Waals surface area contributed by atoms with Gasteiger partial charge in [0, 0.05) is 5.39 Å². The highest BCUT2D eigenvalue weighted by Crippen LogP contribution is 2.25. The van der Waals surface area contributed by atoms with Crippen molar-refractivity contribution in [3.63, 3.8) is 0 Å². The van der Waals surface area contributed by atoms with Gasteiger partial charge in [0.05, 0.1) is 7.11 Å². The molecule has 0 radical (unpaired) electrons. The first-order valence-electron chi connectivity index (χ1n) is 6.93. The van der Waals surface area contributed by atoms with Gasteiger partial charge >= 0.3 is 5.97 Å². The largest absolute Gasteiger partial charge is 0.472 e. The van der Waals surface area contributed by atoms with E-state index in [2.05, 4.69) is 4.98 Å². The standard InChI is InChI=1S/C18H15NO3/c1-21-18(20)16-11-14-9-5-6-10-15(14)17(19-16)22-12-13-7-3-2-4-8-13/h2-11H,12H2,1H3. The Kier molecular flexibility index (Phi) is 4.01. The van der Waals surface area contributed by atoms with Gasteiger partial charge in [0.2, 0.25) is 5.88 Å². The van der Waals surface area contributed by atoms with Crippen LogP contribution < -0.4 is 4.74 Å². The van der Waals surface area contributed by atoms with Crippen molar-refractivity contribution >= 4 is 16.7 Å². The van der Waals surface area contributed by atoms with Crippen molar-refractivity contribution in [2.75, 3.05) is 7.11 Å². The lowest BCUT2D eigenvalue weighted by molar-refractivity contribution is 0.0593. The molecule has 0 spiro atoms. The maximum absolute atomic E-state index is 11.7. The molecule has 2 aromatic carbocycles. The van der Waals surface area contributed by atoms with Gasteiger partial charge in [-0.3, -0.25) is 0 Å². The van der Waals surface area contributed by atoms with Gasteiger partial charge in [-0.2, -0.15) is 0 Å². The van der Waals surface area contributed by atoms with E-state index >= 15 is 0 Å². The number of fused-ring (bicyclic) bond motifs is 1. The van der Waals surface area contributed by atoms with Crippen LogP contribution in [0.2, 0.25) is 0 Å². The summed E-state index contributed by atoms with van der Waals surface area (Å²) in [4.78, 5) is 16.0. The third-order valence-electron chi connectivity index (χ3n) is 3.32. The normalized spacial score (nSPS) is 10.4. The average molecular weight is 293 g/mol. The summed E-state index contributed by atoms with van der Waals surface area (Å²) >= 11 is 0. The first-order chi connectivity index (χ1) is 10.8. The van der Waals surface area contributed by atoms with Crippen LogP contribution in [0.5, 0.6) is 5.88 Å². The second-order valence-corrected chi connectivity index (χ2v) is 4.80. The molecule has 3 aromatic rings. The minimum absolute atomic E-state index is 0.240. The predicted molar refractivity (Wildman–Crippen MR) is 83.9 cm³/mol. The summed E-state index contributed by atoms with van der Waals surface area (Å²) in [5.74, 6) is -0.0438. The molecule has 0 aliphatic rings. The van der Waals surface area contributed by atoms with Gasteiger partial charge in [-0.05, 0) is 23.1 Å². The van der Waals surface area contributed by atoms with E-state index in [1.807, 2.05) is 54.6 Å². The predicted octanol–water partition coefficient (Wildman–Crippen LogP) is 3.60. The molecule has 0 saturated carbocycles. The number of carbonyl (C=O) groups is 1. The highest BCUT2D eigenvalue weighted by atomic mass is 16.5. The molecule has 4 heteroatoms. The molecule has 0 fully saturated rings. The number of rotatable bonds is 4. The third kappa shape index (κ3) is 2.91. The Balaban J connectivity index is 1.97. The molecule has 110 valence electrons. The Morgan fingerprint density at radius 2 is 1.77 bits per heavy atom. The Labute approximate surface area is 128 Å². The fraction of sp³-hybridized carbons (Fsp3) is 0.111. The summed E-state index contributed by atoms with van der Waals surface area (Å²) in [5, 5.41) is 1.76. The fourth-order valence-electron chi connectivity index (χ4n) is 2.21. The molecule has 0 unspecified atom stereocenters. The smallest absolute Gasteiger partial charge is 0.356 e. The SMILES string of the molecule is COC(=O)c1cc2ccccc2c(OCc2ccccc2)n1. The van der Waals surface area contributed by atoms with Gasteiger partial charge in [-0.15, -0.1) is 0 Å². The van der Waals surface area contributed by atoms with Crippen molar-refractivity contribution in [1.82, 2.24) is 4.98 Å². The molecule has 0 N–H and O–H groups in total. The van der Waals surface area contributed by atoms with E-state index in [1.54, 1.807) is 6.07 Å². The lowest BCUT2D eigenvalue weighted by Gasteiger charge is -2.10. The van der Waals surface area contributed by atoms with Crippen molar-refractivity contribution in [3.8, 4) is 5.88 Å². The quantitative estimate of drug-likeness (QED) is 0.690. The molecular weight excluding hydrogens is 278 g/mol. The number of hydrogen-bond donors (Lipinski definition) is 0. The lowest BCUT2D eigenvalue weighted by atomic mass is 10.1. The van der Waals surface area contributed by atoms with Crippen LogP contribution in [-0.4, -0.2) is 18.1 Å². The van der Waals surface area contributed by atoms with Crippen LogP contribution in [-0.2, 0) is 11.3 Å². The molecule has 1 aromatic heterocycles. The second kappa shape index (κ2) is 6.26. The number of esters is 1. The summed E-state index contributed by atoms with van der Waals surface area (Å²) in [6.45, 7) is 0.391. The van der Waals surface area contributed by atoms with Crippen LogP contribution in [0.3, 0.4) is 0 Å². The summed E-state index contributed by atoms with van der Waals surface area (Å²) in [6.07, 6.45) is 0. The first kappa shape index (κ1) is 14.1. The fourth-order valence-corrected chi connectivity index (χ4v) is 2.21. The summed E-state index contributed by atoms with van der Waals surface area (Å²) in [7, 11) is 1.34. The van der Waals surface area contributed by atoms with Crippen LogP contribution in [0.25, 0.3) is 10.8 Å². The number of benzene rings is 2. The Morgan fingerprint density at radius 3 is 2.55 bits per heavy atom. The van der Waals surface area contributed by atoms with Crippen molar-refractivity contribution in [3.05, 3.63) is 71.9 Å². The van der Waals surface area contributed by atoms with E-state index in [9.17, 15) is 4.79 Å². The molecule has 22 heavy (non-hydrogen) atoms. The average Bonchev–Trinajstić information content (AvgIpc) is 2.59. The van der Waals surface area contributed by atoms with Crippen molar-refractivity contribution in [2.45, 2.75) is 6.61 Å². The van der Waals surface area contributed by atoms with Gasteiger partial charge in [0.1, 0.15) is 6.61 Å². The van der Waals surface area contributed by atoms with Crippen molar-refractivity contribution in [1.29, 1.82) is 0 Å². The zero-order valence-electron chi connectivity index (χ0n) is 12.2. The van der Waals surface area contributed by atoms with E-state index < -0.39 is 5.97 Å². The lowest BCUT2D eigenvalue weighted by Crippen LogP contribution is -2.06. The van der Waals surface area contributed by atoms with Crippen LogP contribution in [0.15, 0.2) is 60.7 Å². The number of carbonyl (C=O) groups excluding carboxylic acids is 1. The Hall–Kier alpha value is -2.88. The minimum atomic E-state index is -0.477. The first-order valence-corrected chi connectivity index (χ1v) is 6.93. The number of pyridine rings is 1. The van der Waals surface area contributed by atoms with Gasteiger partial charge < -0.3 is 9.47 Å². The minimum Gasteiger partial charge on any atom is -0.472 e. The van der Waals surface area contributed by atoms with Crippen LogP contribution >= 0.6 is 0 Å². The number of methoxy groups -OCH3 is 1. The van der Waals surface area contributed by atoms with E-state index in [0.717, 1.165) is 16.3 Å². The highest BCUT2D eigenvalue weighted by Gasteiger charge is 2.13. The monoisotopic (exact) mass is 293 g/mol. The van der Waals surface area contributed by atoms with Crippen molar-refractivity contribution < 1.29 is 14.3 Å². The van der Waals surface area contributed by atoms with E-state index in [4.69, 9.17) is 9.47 Å². The van der Waals surface area contributed by atoms with Gasteiger partial charge in [-0.25, -0.2) is 9.78 Å². The number of hydrogen-bond acceptors (Lipinski definition) is 4. The zero-order valence-corrected chi connectivity index (χ0v) is 12.2. The molecule has 4 nitrogen and oxygen atoms in total. The topological polar surface area (TPSA) is 48.4 Å². The molecular formula is C18H15NO3. The van der Waals surface area contributed by atoms with E-state index in [-0.39, 0.29) is 5.69 Å². The molecule has 0 atom stereocenters. The molecule has 0 amide bonds. The van der Waals surface area contributed by atoms with E-state index in [1.165, 1.54) is 7.11 Å². The summed E-state index contributed by atoms with van der Waals surface area (Å²) < 4.78 is 10.6. The third-order valence-corrected chi connectivity index (χ3v) is 3.32. The zero-order chi connectivity index (χ0) is 15.4. The van der Waals surface area contributed by atoms with E-state index in [0.29, 0.717) is 12.5 Å². The Bertz CT molecular complexity index is 800. The van der Waals surface area contributed by atoms with Crippen LogP contribution in [0.4, 0.5) is 0 Å². The molecule has 1 heterocycles. The number of aromatic nitrogens is 1. The van der Waals surface area contributed by atoms with Gasteiger partial charge in [-0.1, -0.05) is 48.5 Å². The van der Waals surface area contributed by atoms with Crippen molar-refractivity contribution in [2.24, 2.45) is 0 Å². The molecule has 3 rings (SSSR count). The molecule has 0 aliphatic heterocycles. The molecule has 0 aliphatic carbocycles. The maximum Gasteiger partial charge on any atom is 0.356 e. The number of nitrogens with zero attached hydrogens (tertiary/aromatic N) is 1. The highest BCUT2D eigenvalue weighted by molar-refractivity contribution is 5.95. The second-order valence-electron chi connectivity index (χ2n) is 4.80. The Morgan fingerprint density at radius 1 is 1.05 bits per heavy atom. The molecule has 0 bridgehead atoms. The summed E-state index contributed by atoms with van der Waals surface area (Å²) in [5.41, 5.74) is 1.28. The number of ether oxygens (including phenoxy) is 2. The van der Waals surface area contributed by atoms with Crippen LogP contribution in [0.1, 0.15) is 16.1 Å². The van der Waals surface area contributed by atoms with Crippen LogP contribution in [0, 0.1) is 0 Å². The molecule has 0 saturated heterocycles. The summed E-state index contributed by atoms with van der Waals surface area (Å²) in [6, 6.07) is 19.2.